The van der Waals surface area contributed by atoms with Crippen molar-refractivity contribution < 1.29 is 13.4 Å². The van der Waals surface area contributed by atoms with Crippen molar-refractivity contribution in [3.8, 4) is 39.3 Å². The molecule has 0 spiro atoms. The smallest absolute Gasteiger partial charge is 0.298 e. The Kier molecular flexibility index (Phi) is 5.97. The van der Waals surface area contributed by atoms with E-state index in [1.807, 2.05) is 6.07 Å². The van der Waals surface area contributed by atoms with E-state index in [1.165, 1.54) is 16.7 Å². The third-order valence-electron chi connectivity index (χ3n) is 10.0. The number of benzene rings is 7. The van der Waals surface area contributed by atoms with Crippen LogP contribution in [0.3, 0.4) is 0 Å². The van der Waals surface area contributed by atoms with Gasteiger partial charge in [0.1, 0.15) is 28.0 Å². The van der Waals surface area contributed by atoms with Gasteiger partial charge in [-0.05, 0) is 83.3 Å². The van der Waals surface area contributed by atoms with Crippen LogP contribution < -0.4 is 4.57 Å². The Hall–Kier alpha value is -6.39. The lowest BCUT2D eigenvalue weighted by atomic mass is 10.00. The number of para-hydroxylation sites is 2. The molecular weight excluding hydrogens is 601 g/mol. The molecule has 0 fully saturated rings. The second-order valence-corrected chi connectivity index (χ2v) is 12.9. The second-order valence-electron chi connectivity index (χ2n) is 12.9. The van der Waals surface area contributed by atoms with Crippen molar-refractivity contribution in [2.45, 2.75) is 6.92 Å². The minimum atomic E-state index is 0.858. The average Bonchev–Trinajstić information content (AvgIpc) is 3.80. The molecule has 0 amide bonds. The Morgan fingerprint density at radius 2 is 1.12 bits per heavy atom. The van der Waals surface area contributed by atoms with Crippen LogP contribution in [0.2, 0.25) is 0 Å². The van der Waals surface area contributed by atoms with Gasteiger partial charge in [0.05, 0.1) is 7.05 Å². The first kappa shape index (κ1) is 27.7. The number of nitrogens with zero attached hydrogens (tertiary/aromatic N) is 2. The molecular formula is C45H31N2O2+. The molecule has 0 radical (unpaired) electrons. The summed E-state index contributed by atoms with van der Waals surface area (Å²) in [5.41, 5.74) is 13.7. The van der Waals surface area contributed by atoms with Crippen molar-refractivity contribution >= 4 is 54.9 Å². The fraction of sp³-hybridized carbons (Fsp3) is 0.0444. The van der Waals surface area contributed by atoms with Crippen molar-refractivity contribution in [3.63, 3.8) is 0 Å². The van der Waals surface area contributed by atoms with Crippen LogP contribution in [0.1, 0.15) is 5.56 Å². The lowest BCUT2D eigenvalue weighted by molar-refractivity contribution is -0.633. The highest BCUT2D eigenvalue weighted by Gasteiger charge is 2.30. The number of fused-ring (bicyclic) bond motifs is 7. The maximum atomic E-state index is 6.76. The maximum absolute atomic E-state index is 6.76. The quantitative estimate of drug-likeness (QED) is 0.181. The first-order chi connectivity index (χ1) is 24.1. The van der Waals surface area contributed by atoms with E-state index in [-0.39, 0.29) is 0 Å². The summed E-state index contributed by atoms with van der Waals surface area (Å²) in [5.74, 6) is 1.05. The molecule has 3 aromatic heterocycles. The summed E-state index contributed by atoms with van der Waals surface area (Å²) in [7, 11) is 2.15. The lowest BCUT2D eigenvalue weighted by Gasteiger charge is -2.07. The first-order valence-corrected chi connectivity index (χ1v) is 16.7. The highest BCUT2D eigenvalue weighted by atomic mass is 16.3. The molecule has 0 bridgehead atoms. The predicted molar refractivity (Wildman–Crippen MR) is 200 cm³/mol. The van der Waals surface area contributed by atoms with Crippen LogP contribution in [0.25, 0.3) is 94.2 Å². The van der Waals surface area contributed by atoms with Crippen LogP contribution >= 0.6 is 0 Å². The number of hydrogen-bond acceptors (Lipinski definition) is 2. The van der Waals surface area contributed by atoms with E-state index in [9.17, 15) is 0 Å². The molecule has 49 heavy (non-hydrogen) atoms. The molecule has 0 aliphatic heterocycles. The van der Waals surface area contributed by atoms with Crippen LogP contribution in [-0.2, 0) is 7.05 Å². The summed E-state index contributed by atoms with van der Waals surface area (Å²) in [6.07, 6.45) is 0. The molecule has 10 aromatic rings. The zero-order valence-corrected chi connectivity index (χ0v) is 27.1. The van der Waals surface area contributed by atoms with Gasteiger partial charge in [0.25, 0.3) is 5.82 Å². The lowest BCUT2D eigenvalue weighted by Crippen LogP contribution is -2.30. The molecule has 232 valence electrons. The number of furan rings is 2. The minimum Gasteiger partial charge on any atom is -0.456 e. The van der Waals surface area contributed by atoms with Gasteiger partial charge in [-0.2, -0.15) is 4.57 Å². The standard InChI is InChI=1S/C45H31N2O2/c1-28-17-21-36-37-25-31(29-11-5-3-6-12-29)19-24-40(37)49-44(36)43(28)45-46(2)38-15-9-10-16-39(38)47(45)33-20-23-35-34-22-18-32(30-13-7-4-8-14-30)26-41(34)48-42(35)27-33/h3-27H,1-2H3/q+1. The zero-order chi connectivity index (χ0) is 32.6. The van der Waals surface area contributed by atoms with Gasteiger partial charge in [-0.25, -0.2) is 4.57 Å². The topological polar surface area (TPSA) is 35.1 Å². The molecule has 7 aromatic carbocycles. The van der Waals surface area contributed by atoms with E-state index < -0.39 is 0 Å². The molecule has 4 heteroatoms. The molecule has 4 nitrogen and oxygen atoms in total. The van der Waals surface area contributed by atoms with Crippen molar-refractivity contribution in [2.24, 2.45) is 7.05 Å². The number of aromatic nitrogens is 2. The summed E-state index contributed by atoms with van der Waals surface area (Å²) in [5, 5.41) is 4.43. The zero-order valence-electron chi connectivity index (χ0n) is 27.1. The molecule has 10 rings (SSSR count). The van der Waals surface area contributed by atoms with Crippen LogP contribution in [0.5, 0.6) is 0 Å². The number of rotatable bonds is 4. The van der Waals surface area contributed by atoms with Gasteiger partial charge in [-0.1, -0.05) is 97.1 Å². The fourth-order valence-electron chi connectivity index (χ4n) is 7.60. The van der Waals surface area contributed by atoms with Gasteiger partial charge in [0, 0.05) is 27.6 Å². The molecule has 0 N–H and O–H groups in total. The van der Waals surface area contributed by atoms with Crippen LogP contribution in [0.15, 0.2) is 160 Å². The van der Waals surface area contributed by atoms with E-state index in [0.29, 0.717) is 0 Å². The highest BCUT2D eigenvalue weighted by molar-refractivity contribution is 6.11. The SMILES string of the molecule is Cc1ccc2c(oc3ccc(-c4ccccc4)cc32)c1-c1n(-c2ccc3c(c2)oc2cc(-c4ccccc4)ccc23)c2ccccc2[n+]1C. The molecule has 0 saturated heterocycles. The third-order valence-corrected chi connectivity index (χ3v) is 10.0. The minimum absolute atomic E-state index is 0.858. The Labute approximate surface area is 282 Å². The van der Waals surface area contributed by atoms with Crippen molar-refractivity contribution in [1.29, 1.82) is 0 Å². The summed E-state index contributed by atoms with van der Waals surface area (Å²) in [6.45, 7) is 2.17. The second kappa shape index (κ2) is 10.6. The van der Waals surface area contributed by atoms with E-state index in [1.54, 1.807) is 0 Å². The van der Waals surface area contributed by atoms with Crippen LogP contribution in [0.4, 0.5) is 0 Å². The van der Waals surface area contributed by atoms with E-state index >= 15 is 0 Å². The Balaban J connectivity index is 1.20. The van der Waals surface area contributed by atoms with Crippen molar-refractivity contribution in [3.05, 3.63) is 157 Å². The number of aryl methyl sites for hydroxylation is 2. The van der Waals surface area contributed by atoms with Crippen molar-refractivity contribution in [2.75, 3.05) is 0 Å². The molecule has 0 atom stereocenters. The average molecular weight is 632 g/mol. The van der Waals surface area contributed by atoms with E-state index in [4.69, 9.17) is 8.83 Å². The molecule has 3 heterocycles. The van der Waals surface area contributed by atoms with Gasteiger partial charge in [-0.15, -0.1) is 0 Å². The molecule has 0 saturated carbocycles. The summed E-state index contributed by atoms with van der Waals surface area (Å²) < 4.78 is 18.0. The van der Waals surface area contributed by atoms with Gasteiger partial charge >= 0.3 is 0 Å². The molecule has 0 aliphatic carbocycles. The highest BCUT2D eigenvalue weighted by Crippen LogP contribution is 2.41. The monoisotopic (exact) mass is 631 g/mol. The largest absolute Gasteiger partial charge is 0.456 e. The Morgan fingerprint density at radius 1 is 0.490 bits per heavy atom. The first-order valence-electron chi connectivity index (χ1n) is 16.7. The summed E-state index contributed by atoms with van der Waals surface area (Å²) in [4.78, 5) is 0. The predicted octanol–water partition coefficient (Wildman–Crippen LogP) is 11.6. The summed E-state index contributed by atoms with van der Waals surface area (Å²) >= 11 is 0. The van der Waals surface area contributed by atoms with Crippen LogP contribution in [-0.4, -0.2) is 4.57 Å². The molecule has 0 unspecified atom stereocenters. The van der Waals surface area contributed by atoms with Crippen LogP contribution in [0, 0.1) is 6.92 Å². The van der Waals surface area contributed by atoms with Gasteiger partial charge in [0.2, 0.25) is 0 Å². The fourth-order valence-corrected chi connectivity index (χ4v) is 7.60. The normalized spacial score (nSPS) is 11.9. The van der Waals surface area contributed by atoms with Crippen molar-refractivity contribution in [1.82, 2.24) is 4.57 Å². The maximum Gasteiger partial charge on any atom is 0.298 e. The molecule has 0 aliphatic rings. The summed E-state index contributed by atoms with van der Waals surface area (Å²) in [6, 6.07) is 53.5. The number of imidazole rings is 1. The van der Waals surface area contributed by atoms with Gasteiger partial charge in [0.15, 0.2) is 16.6 Å². The third kappa shape index (κ3) is 4.20. The van der Waals surface area contributed by atoms with E-state index in [2.05, 4.69) is 169 Å². The number of hydrogen-bond donors (Lipinski definition) is 0. The Morgan fingerprint density at radius 3 is 1.90 bits per heavy atom. The Bertz CT molecular complexity index is 2890. The van der Waals surface area contributed by atoms with E-state index in [0.717, 1.165) is 83.1 Å². The van der Waals surface area contributed by atoms with Gasteiger partial charge < -0.3 is 8.83 Å². The van der Waals surface area contributed by atoms with Gasteiger partial charge in [-0.3, -0.25) is 0 Å².